The lowest BCUT2D eigenvalue weighted by Gasteiger charge is -2.35. The van der Waals surface area contributed by atoms with Crippen molar-refractivity contribution in [1.82, 2.24) is 19.7 Å². The van der Waals surface area contributed by atoms with E-state index in [-0.39, 0.29) is 30.9 Å². The third-order valence-corrected chi connectivity index (χ3v) is 4.19. The number of ether oxygens (including phenoxy) is 1. The number of hydrogen-bond acceptors (Lipinski definition) is 5. The average Bonchev–Trinajstić information content (AvgIpc) is 3.04. The average molecular weight is 322 g/mol. The second kappa shape index (κ2) is 7.10. The van der Waals surface area contributed by atoms with Gasteiger partial charge in [-0.1, -0.05) is 0 Å². The number of rotatable bonds is 4. The van der Waals surface area contributed by atoms with Crippen LogP contribution in [0.3, 0.4) is 0 Å². The monoisotopic (exact) mass is 322 g/mol. The number of hydroxylamine groups is 2. The number of amides is 2. The SMILES string of the molecule is COCC(=O)N1Cc2ccnn2[C@@H](CC(=O)N2CCCCO2)C1. The molecule has 23 heavy (non-hydrogen) atoms. The molecule has 0 spiro atoms. The van der Waals surface area contributed by atoms with Gasteiger partial charge >= 0.3 is 0 Å². The lowest BCUT2D eigenvalue weighted by molar-refractivity contribution is -0.198. The minimum Gasteiger partial charge on any atom is -0.375 e. The van der Waals surface area contributed by atoms with Gasteiger partial charge in [-0.15, -0.1) is 0 Å². The van der Waals surface area contributed by atoms with E-state index in [0.29, 0.717) is 26.2 Å². The summed E-state index contributed by atoms with van der Waals surface area (Å²) >= 11 is 0. The fraction of sp³-hybridized carbons (Fsp3) is 0.667. The minimum absolute atomic E-state index is 0.0457. The molecule has 8 heteroatoms. The van der Waals surface area contributed by atoms with E-state index in [1.165, 1.54) is 12.2 Å². The normalized spacial score (nSPS) is 21.2. The van der Waals surface area contributed by atoms with Gasteiger partial charge in [-0.05, 0) is 18.9 Å². The summed E-state index contributed by atoms with van der Waals surface area (Å²) in [7, 11) is 1.50. The fourth-order valence-electron chi connectivity index (χ4n) is 3.04. The van der Waals surface area contributed by atoms with Gasteiger partial charge in [0.1, 0.15) is 6.61 Å². The molecule has 8 nitrogen and oxygen atoms in total. The molecule has 1 saturated heterocycles. The largest absolute Gasteiger partial charge is 0.375 e. The Bertz CT molecular complexity index is 568. The van der Waals surface area contributed by atoms with Crippen molar-refractivity contribution < 1.29 is 19.2 Å². The fourth-order valence-corrected chi connectivity index (χ4v) is 3.04. The van der Waals surface area contributed by atoms with E-state index < -0.39 is 0 Å². The Morgan fingerprint density at radius 3 is 3.00 bits per heavy atom. The van der Waals surface area contributed by atoms with E-state index in [0.717, 1.165) is 18.5 Å². The molecule has 3 rings (SSSR count). The Kier molecular flexibility index (Phi) is 4.92. The molecule has 1 aromatic rings. The number of aromatic nitrogens is 2. The molecule has 0 saturated carbocycles. The Balaban J connectivity index is 1.70. The van der Waals surface area contributed by atoms with E-state index in [2.05, 4.69) is 5.10 Å². The Labute approximate surface area is 134 Å². The smallest absolute Gasteiger partial charge is 0.248 e. The third kappa shape index (κ3) is 3.53. The quantitative estimate of drug-likeness (QED) is 0.800. The highest BCUT2D eigenvalue weighted by molar-refractivity contribution is 5.78. The van der Waals surface area contributed by atoms with Gasteiger partial charge in [0.25, 0.3) is 0 Å². The number of nitrogens with zero attached hydrogens (tertiary/aromatic N) is 4. The zero-order chi connectivity index (χ0) is 16.2. The van der Waals surface area contributed by atoms with Gasteiger partial charge in [0.05, 0.1) is 31.3 Å². The van der Waals surface area contributed by atoms with Gasteiger partial charge in [0, 0.05) is 26.4 Å². The highest BCUT2D eigenvalue weighted by Crippen LogP contribution is 2.24. The maximum atomic E-state index is 12.4. The first-order valence-corrected chi connectivity index (χ1v) is 7.91. The van der Waals surface area contributed by atoms with Crippen LogP contribution in [0.15, 0.2) is 12.3 Å². The number of carbonyl (C=O) groups is 2. The summed E-state index contributed by atoms with van der Waals surface area (Å²) in [5.74, 6) is -0.135. The molecule has 126 valence electrons. The number of carbonyl (C=O) groups excluding carboxylic acids is 2. The molecule has 1 aromatic heterocycles. The van der Waals surface area contributed by atoms with E-state index in [4.69, 9.17) is 9.57 Å². The van der Waals surface area contributed by atoms with Crippen molar-refractivity contribution in [3.05, 3.63) is 18.0 Å². The van der Waals surface area contributed by atoms with Gasteiger partial charge in [-0.25, -0.2) is 5.06 Å². The summed E-state index contributed by atoms with van der Waals surface area (Å²) in [5.41, 5.74) is 0.929. The van der Waals surface area contributed by atoms with Crippen LogP contribution in [0.5, 0.6) is 0 Å². The maximum absolute atomic E-state index is 12.4. The Hall–Kier alpha value is -1.93. The molecule has 0 N–H and O–H groups in total. The third-order valence-electron chi connectivity index (χ3n) is 4.19. The molecular weight excluding hydrogens is 300 g/mol. The van der Waals surface area contributed by atoms with Crippen molar-refractivity contribution in [3.8, 4) is 0 Å². The molecule has 3 heterocycles. The maximum Gasteiger partial charge on any atom is 0.248 e. The Morgan fingerprint density at radius 1 is 1.39 bits per heavy atom. The van der Waals surface area contributed by atoms with Crippen molar-refractivity contribution in [2.75, 3.05) is 33.4 Å². The van der Waals surface area contributed by atoms with Gasteiger partial charge in [0.15, 0.2) is 0 Å². The Morgan fingerprint density at radius 2 is 2.26 bits per heavy atom. The second-order valence-corrected chi connectivity index (χ2v) is 5.87. The predicted molar refractivity (Wildman–Crippen MR) is 80.1 cm³/mol. The van der Waals surface area contributed by atoms with Crippen LogP contribution in [0.2, 0.25) is 0 Å². The van der Waals surface area contributed by atoms with Gasteiger partial charge < -0.3 is 9.64 Å². The lowest BCUT2D eigenvalue weighted by Crippen LogP contribution is -2.45. The standard InChI is InChI=1S/C15H22N4O4/c1-22-11-15(21)17-9-12-4-5-16-19(12)13(10-17)8-14(20)18-6-2-3-7-23-18/h4-5,13H,2-3,6-11H2,1H3/t13-/m0/s1. The first-order chi connectivity index (χ1) is 11.2. The summed E-state index contributed by atoms with van der Waals surface area (Å²) in [6.07, 6.45) is 3.91. The van der Waals surface area contributed by atoms with Crippen molar-refractivity contribution in [2.45, 2.75) is 31.8 Å². The molecule has 1 fully saturated rings. The van der Waals surface area contributed by atoms with Crippen LogP contribution >= 0.6 is 0 Å². The van der Waals surface area contributed by atoms with Crippen molar-refractivity contribution in [2.24, 2.45) is 0 Å². The van der Waals surface area contributed by atoms with Gasteiger partial charge in [-0.2, -0.15) is 5.10 Å². The molecule has 2 amide bonds. The van der Waals surface area contributed by atoms with Gasteiger partial charge in [0.2, 0.25) is 11.8 Å². The van der Waals surface area contributed by atoms with E-state index in [1.54, 1.807) is 11.1 Å². The summed E-state index contributed by atoms with van der Waals surface area (Å²) in [6, 6.07) is 1.70. The summed E-state index contributed by atoms with van der Waals surface area (Å²) in [6.45, 7) is 2.21. The van der Waals surface area contributed by atoms with Crippen LogP contribution in [-0.4, -0.2) is 65.0 Å². The van der Waals surface area contributed by atoms with E-state index in [1.807, 2.05) is 10.7 Å². The molecule has 0 aliphatic carbocycles. The van der Waals surface area contributed by atoms with Crippen LogP contribution < -0.4 is 0 Å². The van der Waals surface area contributed by atoms with Crippen molar-refractivity contribution in [3.63, 3.8) is 0 Å². The van der Waals surface area contributed by atoms with Crippen LogP contribution in [0.4, 0.5) is 0 Å². The molecule has 0 unspecified atom stereocenters. The van der Waals surface area contributed by atoms with Crippen LogP contribution in [0.25, 0.3) is 0 Å². The molecule has 1 atom stereocenters. The molecular formula is C15H22N4O4. The zero-order valence-corrected chi connectivity index (χ0v) is 13.3. The van der Waals surface area contributed by atoms with Crippen LogP contribution in [0, 0.1) is 0 Å². The number of methoxy groups -OCH3 is 1. The van der Waals surface area contributed by atoms with Crippen molar-refractivity contribution >= 4 is 11.8 Å². The van der Waals surface area contributed by atoms with Crippen molar-refractivity contribution in [1.29, 1.82) is 0 Å². The summed E-state index contributed by atoms with van der Waals surface area (Å²) in [4.78, 5) is 31.7. The predicted octanol–water partition coefficient (Wildman–Crippen LogP) is 0.357. The number of hydrogen-bond donors (Lipinski definition) is 0. The molecule has 0 radical (unpaired) electrons. The first kappa shape index (κ1) is 15.9. The topological polar surface area (TPSA) is 76.9 Å². The number of fused-ring (bicyclic) bond motifs is 1. The molecule has 2 aliphatic heterocycles. The minimum atomic E-state index is -0.174. The highest BCUT2D eigenvalue weighted by Gasteiger charge is 2.31. The first-order valence-electron chi connectivity index (χ1n) is 7.91. The van der Waals surface area contributed by atoms with Crippen LogP contribution in [0.1, 0.15) is 31.0 Å². The molecule has 0 aromatic carbocycles. The lowest BCUT2D eigenvalue weighted by atomic mass is 10.1. The second-order valence-electron chi connectivity index (χ2n) is 5.87. The van der Waals surface area contributed by atoms with E-state index in [9.17, 15) is 9.59 Å². The molecule has 2 aliphatic rings. The van der Waals surface area contributed by atoms with Gasteiger partial charge in [-0.3, -0.25) is 19.1 Å². The zero-order valence-electron chi connectivity index (χ0n) is 13.3. The summed E-state index contributed by atoms with van der Waals surface area (Å²) in [5, 5.41) is 5.76. The highest BCUT2D eigenvalue weighted by atomic mass is 16.7. The van der Waals surface area contributed by atoms with Crippen LogP contribution in [-0.2, 0) is 25.7 Å². The molecule has 0 bridgehead atoms. The summed E-state index contributed by atoms with van der Waals surface area (Å²) < 4.78 is 6.77. The van der Waals surface area contributed by atoms with E-state index >= 15 is 0 Å².